The number of nitrogens with one attached hydrogen (secondary N) is 1. The summed E-state index contributed by atoms with van der Waals surface area (Å²) in [6, 6.07) is 2.61. The smallest absolute Gasteiger partial charge is 0.242 e. The molecule has 100 valence electrons. The second-order valence-electron chi connectivity index (χ2n) is 4.46. The quantitative estimate of drug-likeness (QED) is 0.844. The van der Waals surface area contributed by atoms with Crippen LogP contribution in [0.2, 0.25) is 0 Å². The van der Waals surface area contributed by atoms with E-state index in [0.717, 1.165) is 4.88 Å². The van der Waals surface area contributed by atoms with Crippen molar-refractivity contribution in [1.82, 2.24) is 5.32 Å². The topological polar surface area (TPSA) is 89.3 Å². The molecule has 2 rings (SSSR count). The van der Waals surface area contributed by atoms with Crippen LogP contribution in [0.5, 0.6) is 0 Å². The first kappa shape index (κ1) is 13.5. The Morgan fingerprint density at radius 1 is 1.56 bits per heavy atom. The number of carbonyl (C=O) groups is 1. The number of hydrogen-bond donors (Lipinski definition) is 2. The van der Waals surface area contributed by atoms with E-state index in [1.54, 1.807) is 6.07 Å². The highest BCUT2D eigenvalue weighted by atomic mass is 32.2. The predicted octanol–water partition coefficient (Wildman–Crippen LogP) is 0.441. The third-order valence-electron chi connectivity index (χ3n) is 2.94. The van der Waals surface area contributed by atoms with Gasteiger partial charge in [0.15, 0.2) is 9.84 Å². The van der Waals surface area contributed by atoms with Gasteiger partial charge < -0.3 is 11.1 Å². The van der Waals surface area contributed by atoms with Crippen LogP contribution in [0.15, 0.2) is 17.5 Å². The first-order valence-corrected chi connectivity index (χ1v) is 8.48. The summed E-state index contributed by atoms with van der Waals surface area (Å²) >= 11 is 1.42. The molecule has 2 heterocycles. The fraction of sp³-hybridized carbons (Fsp3) is 0.545. The van der Waals surface area contributed by atoms with Crippen LogP contribution in [0.1, 0.15) is 23.8 Å². The summed E-state index contributed by atoms with van der Waals surface area (Å²) in [6.07, 6.45) is 1.30. The van der Waals surface area contributed by atoms with Gasteiger partial charge in [-0.3, -0.25) is 4.79 Å². The summed E-state index contributed by atoms with van der Waals surface area (Å²) in [5, 5.41) is 4.58. The lowest BCUT2D eigenvalue weighted by Crippen LogP contribution is -2.46. The second kappa shape index (κ2) is 5.38. The number of thiophene rings is 1. The molecule has 1 aromatic rings. The molecule has 0 aromatic carbocycles. The Balaban J connectivity index is 1.95. The summed E-state index contributed by atoms with van der Waals surface area (Å²) in [7, 11) is -3.01. The highest BCUT2D eigenvalue weighted by Crippen LogP contribution is 2.18. The van der Waals surface area contributed by atoms with E-state index in [4.69, 9.17) is 5.73 Å². The average Bonchev–Trinajstić information content (AvgIpc) is 2.79. The molecule has 1 aromatic heterocycles. The van der Waals surface area contributed by atoms with Crippen LogP contribution >= 0.6 is 11.3 Å². The zero-order valence-corrected chi connectivity index (χ0v) is 11.5. The Hall–Kier alpha value is -0.920. The number of rotatable bonds is 3. The van der Waals surface area contributed by atoms with Crippen LogP contribution in [0.25, 0.3) is 0 Å². The standard InChI is InChI=1S/C11H16N2O3S2/c12-10(9-4-1-5-17-9)11(14)13-8-3-2-6-18(15,16)7-8/h1,4-5,8,10H,2-3,6-7,12H2,(H,13,14). The molecule has 3 N–H and O–H groups in total. The lowest BCUT2D eigenvalue weighted by Gasteiger charge is -2.24. The van der Waals surface area contributed by atoms with Gasteiger partial charge in [-0.1, -0.05) is 6.07 Å². The molecule has 1 saturated heterocycles. The molecule has 7 heteroatoms. The van der Waals surface area contributed by atoms with Crippen LogP contribution in [0.4, 0.5) is 0 Å². The van der Waals surface area contributed by atoms with Gasteiger partial charge in [0, 0.05) is 10.9 Å². The molecule has 0 spiro atoms. The summed E-state index contributed by atoms with van der Waals surface area (Å²) in [5.74, 6) is -0.0637. The van der Waals surface area contributed by atoms with Gasteiger partial charge in [0.1, 0.15) is 6.04 Å². The first-order chi connectivity index (χ1) is 8.48. The Kier molecular flexibility index (Phi) is 4.04. The Bertz CT molecular complexity index is 510. The van der Waals surface area contributed by atoms with Crippen molar-refractivity contribution in [3.8, 4) is 0 Å². The van der Waals surface area contributed by atoms with E-state index >= 15 is 0 Å². The third kappa shape index (κ3) is 3.30. The average molecular weight is 288 g/mol. The van der Waals surface area contributed by atoms with Crippen LogP contribution in [-0.4, -0.2) is 31.9 Å². The maximum absolute atomic E-state index is 11.9. The van der Waals surface area contributed by atoms with Crippen molar-refractivity contribution in [2.75, 3.05) is 11.5 Å². The van der Waals surface area contributed by atoms with E-state index in [1.165, 1.54) is 11.3 Å². The van der Waals surface area contributed by atoms with Gasteiger partial charge >= 0.3 is 0 Å². The molecule has 1 fully saturated rings. The second-order valence-corrected chi connectivity index (χ2v) is 7.66. The number of hydrogen-bond acceptors (Lipinski definition) is 5. The van der Waals surface area contributed by atoms with Gasteiger partial charge in [-0.15, -0.1) is 11.3 Å². The van der Waals surface area contributed by atoms with E-state index < -0.39 is 15.9 Å². The molecule has 1 aliphatic heterocycles. The predicted molar refractivity (Wildman–Crippen MR) is 71.1 cm³/mol. The van der Waals surface area contributed by atoms with Crippen molar-refractivity contribution < 1.29 is 13.2 Å². The molecule has 0 saturated carbocycles. The summed E-state index contributed by atoms with van der Waals surface area (Å²) < 4.78 is 22.9. The minimum Gasteiger partial charge on any atom is -0.351 e. The molecule has 0 radical (unpaired) electrons. The van der Waals surface area contributed by atoms with Crippen LogP contribution < -0.4 is 11.1 Å². The molecule has 2 atom stereocenters. The van der Waals surface area contributed by atoms with E-state index in [-0.39, 0.29) is 23.5 Å². The fourth-order valence-corrected chi connectivity index (χ4v) is 4.39. The van der Waals surface area contributed by atoms with Crippen molar-refractivity contribution >= 4 is 27.1 Å². The highest BCUT2D eigenvalue weighted by Gasteiger charge is 2.27. The van der Waals surface area contributed by atoms with Crippen molar-refractivity contribution in [2.24, 2.45) is 5.73 Å². The molecule has 0 bridgehead atoms. The van der Waals surface area contributed by atoms with Crippen molar-refractivity contribution in [2.45, 2.75) is 24.9 Å². The van der Waals surface area contributed by atoms with Gasteiger partial charge in [0.25, 0.3) is 0 Å². The van der Waals surface area contributed by atoms with Gasteiger partial charge in [-0.25, -0.2) is 8.42 Å². The fourth-order valence-electron chi connectivity index (χ4n) is 2.03. The van der Waals surface area contributed by atoms with E-state index in [1.807, 2.05) is 11.4 Å². The maximum atomic E-state index is 11.9. The van der Waals surface area contributed by atoms with Crippen LogP contribution in [-0.2, 0) is 14.6 Å². The molecule has 18 heavy (non-hydrogen) atoms. The monoisotopic (exact) mass is 288 g/mol. The molecule has 0 aliphatic carbocycles. The van der Waals surface area contributed by atoms with Crippen LogP contribution in [0, 0.1) is 0 Å². The minimum absolute atomic E-state index is 0.0237. The summed E-state index contributed by atoms with van der Waals surface area (Å²) in [4.78, 5) is 12.7. The molecular weight excluding hydrogens is 272 g/mol. The summed E-state index contributed by atoms with van der Waals surface area (Å²) in [6.45, 7) is 0. The minimum atomic E-state index is -3.01. The molecule has 5 nitrogen and oxygen atoms in total. The lowest BCUT2D eigenvalue weighted by atomic mass is 10.1. The van der Waals surface area contributed by atoms with Crippen LogP contribution in [0.3, 0.4) is 0 Å². The van der Waals surface area contributed by atoms with E-state index in [0.29, 0.717) is 12.8 Å². The van der Waals surface area contributed by atoms with Gasteiger partial charge in [0.05, 0.1) is 11.5 Å². The molecule has 1 amide bonds. The SMILES string of the molecule is NC(C(=O)NC1CCCS(=O)(=O)C1)c1cccs1. The lowest BCUT2D eigenvalue weighted by molar-refractivity contribution is -0.123. The highest BCUT2D eigenvalue weighted by molar-refractivity contribution is 7.91. The van der Waals surface area contributed by atoms with Gasteiger partial charge in [0.2, 0.25) is 5.91 Å². The van der Waals surface area contributed by atoms with Gasteiger partial charge in [-0.2, -0.15) is 0 Å². The number of sulfone groups is 1. The maximum Gasteiger partial charge on any atom is 0.242 e. The Labute approximate surface area is 110 Å². The first-order valence-electron chi connectivity index (χ1n) is 5.78. The van der Waals surface area contributed by atoms with Crippen molar-refractivity contribution in [1.29, 1.82) is 0 Å². The molecule has 2 unspecified atom stereocenters. The molecule has 1 aliphatic rings. The van der Waals surface area contributed by atoms with Gasteiger partial charge in [-0.05, 0) is 24.3 Å². The van der Waals surface area contributed by atoms with E-state index in [9.17, 15) is 13.2 Å². The van der Waals surface area contributed by atoms with Crippen molar-refractivity contribution in [3.05, 3.63) is 22.4 Å². The third-order valence-corrected chi connectivity index (χ3v) is 5.72. The zero-order valence-electron chi connectivity index (χ0n) is 9.83. The normalized spacial score (nSPS) is 24.4. The Morgan fingerprint density at radius 2 is 2.33 bits per heavy atom. The van der Waals surface area contributed by atoms with E-state index in [2.05, 4.69) is 5.32 Å². The van der Waals surface area contributed by atoms with Crippen molar-refractivity contribution in [3.63, 3.8) is 0 Å². The number of nitrogens with two attached hydrogens (primary N) is 1. The summed E-state index contributed by atoms with van der Waals surface area (Å²) in [5.41, 5.74) is 5.82. The largest absolute Gasteiger partial charge is 0.351 e. The number of carbonyl (C=O) groups excluding carboxylic acids is 1. The Morgan fingerprint density at radius 3 is 2.94 bits per heavy atom. The zero-order chi connectivity index (χ0) is 13.2. The number of amides is 1. The molecular formula is C11H16N2O3S2.